The summed E-state index contributed by atoms with van der Waals surface area (Å²) in [5.41, 5.74) is 0.392. The zero-order valence-electron chi connectivity index (χ0n) is 12.5. The minimum atomic E-state index is -0.270. The lowest BCUT2D eigenvalue weighted by molar-refractivity contribution is -0.140. The molecule has 6 nitrogen and oxygen atoms in total. The molecule has 6 heteroatoms. The van der Waals surface area contributed by atoms with Crippen LogP contribution in [0.2, 0.25) is 0 Å². The first kappa shape index (κ1) is 14.0. The molecule has 3 aliphatic rings. The molecule has 1 heterocycles. The first-order valence-electron chi connectivity index (χ1n) is 7.58. The smallest absolute Gasteiger partial charge is 0.254 e. The lowest BCUT2D eigenvalue weighted by Crippen LogP contribution is -2.28. The number of ether oxygens (including phenoxy) is 1. The summed E-state index contributed by atoms with van der Waals surface area (Å²) >= 11 is 0. The quantitative estimate of drug-likeness (QED) is 0.522. The third-order valence-electron chi connectivity index (χ3n) is 5.01. The molecule has 1 saturated carbocycles. The molecule has 0 aromatic heterocycles. The van der Waals surface area contributed by atoms with E-state index < -0.39 is 0 Å². The van der Waals surface area contributed by atoms with Crippen molar-refractivity contribution in [1.29, 1.82) is 0 Å². The summed E-state index contributed by atoms with van der Waals surface area (Å²) < 4.78 is 5.03. The van der Waals surface area contributed by atoms with Gasteiger partial charge in [0.25, 0.3) is 11.8 Å². The second kappa shape index (κ2) is 4.94. The van der Waals surface area contributed by atoms with Gasteiger partial charge in [-0.05, 0) is 30.4 Å². The number of methoxy groups -OCH3 is 1. The molecule has 0 radical (unpaired) electrons. The van der Waals surface area contributed by atoms with E-state index in [1.165, 1.54) is 13.3 Å². The highest BCUT2D eigenvalue weighted by Crippen LogP contribution is 2.52. The topological polar surface area (TPSA) is 79.2 Å². The monoisotopic (exact) mass is 312 g/mol. The molecule has 2 fully saturated rings. The summed E-state index contributed by atoms with van der Waals surface area (Å²) in [7, 11) is 1.45. The molecule has 4 atom stereocenters. The van der Waals surface area contributed by atoms with E-state index in [0.29, 0.717) is 11.3 Å². The Morgan fingerprint density at radius 1 is 1.22 bits per heavy atom. The van der Waals surface area contributed by atoms with Crippen molar-refractivity contribution in [3.8, 4) is 11.5 Å². The molecule has 1 N–H and O–H groups in total. The number of aromatic hydroxyl groups is 1. The number of hydrogen-bond donors (Lipinski definition) is 1. The maximum atomic E-state index is 12.5. The van der Waals surface area contributed by atoms with Crippen molar-refractivity contribution < 1.29 is 19.4 Å². The highest BCUT2D eigenvalue weighted by atomic mass is 16.5. The van der Waals surface area contributed by atoms with Crippen LogP contribution in [0.15, 0.2) is 35.5 Å². The number of carbonyl (C=O) groups is 2. The average Bonchev–Trinajstić information content (AvgIpc) is 3.22. The van der Waals surface area contributed by atoms with Crippen LogP contribution in [0.3, 0.4) is 0 Å². The Hall–Kier alpha value is -2.63. The van der Waals surface area contributed by atoms with E-state index in [1.807, 2.05) is 12.2 Å². The molecular weight excluding hydrogens is 296 g/mol. The number of rotatable bonds is 3. The molecule has 4 rings (SSSR count). The number of phenolic OH excluding ortho intramolecular Hbond substituents is 1. The molecule has 0 spiro atoms. The van der Waals surface area contributed by atoms with Crippen LogP contribution in [0, 0.1) is 23.7 Å². The number of imide groups is 1. The zero-order chi connectivity index (χ0) is 16.1. The second-order valence-electron chi connectivity index (χ2n) is 6.13. The minimum Gasteiger partial charge on any atom is -0.504 e. The first-order chi connectivity index (χ1) is 11.1. The first-order valence-corrected chi connectivity index (χ1v) is 7.58. The zero-order valence-corrected chi connectivity index (χ0v) is 12.5. The highest BCUT2D eigenvalue weighted by Gasteiger charge is 2.59. The van der Waals surface area contributed by atoms with Gasteiger partial charge in [-0.15, -0.1) is 0 Å². The van der Waals surface area contributed by atoms with Crippen LogP contribution in [0.1, 0.15) is 12.0 Å². The third-order valence-corrected chi connectivity index (χ3v) is 5.01. The standard InChI is InChI=1S/C17H16N2O4/c1-23-12-4-2-3-11(15(12)20)8-18-19-16(21)13-9-5-6-10(7-9)14(13)17(19)22/h2-6,8-10,13-14,20H,7H2,1H3/b18-8+. The fraction of sp³-hybridized carbons (Fsp3) is 0.353. The van der Waals surface area contributed by atoms with Crippen molar-refractivity contribution in [3.05, 3.63) is 35.9 Å². The number of phenols is 1. The number of para-hydroxylation sites is 1. The van der Waals surface area contributed by atoms with Crippen LogP contribution in [0.4, 0.5) is 0 Å². The predicted molar refractivity (Wildman–Crippen MR) is 81.8 cm³/mol. The summed E-state index contributed by atoms with van der Waals surface area (Å²) in [4.78, 5) is 25.0. The van der Waals surface area contributed by atoms with Gasteiger partial charge >= 0.3 is 0 Å². The van der Waals surface area contributed by atoms with Gasteiger partial charge in [0, 0.05) is 5.56 Å². The maximum absolute atomic E-state index is 12.5. The summed E-state index contributed by atoms with van der Waals surface area (Å²) in [6.07, 6.45) is 6.29. The molecule has 2 aliphatic carbocycles. The average molecular weight is 312 g/mol. The molecule has 4 unspecified atom stereocenters. The van der Waals surface area contributed by atoms with E-state index in [-0.39, 0.29) is 41.2 Å². The number of amides is 2. The minimum absolute atomic E-state index is 0.0697. The van der Waals surface area contributed by atoms with Crippen molar-refractivity contribution in [2.45, 2.75) is 6.42 Å². The van der Waals surface area contributed by atoms with Crippen molar-refractivity contribution in [1.82, 2.24) is 5.01 Å². The molecule has 23 heavy (non-hydrogen) atoms. The van der Waals surface area contributed by atoms with Gasteiger partial charge in [-0.25, -0.2) is 0 Å². The van der Waals surface area contributed by atoms with Gasteiger partial charge in [-0.1, -0.05) is 18.2 Å². The highest BCUT2D eigenvalue weighted by molar-refractivity contribution is 6.06. The van der Waals surface area contributed by atoms with Crippen molar-refractivity contribution in [3.63, 3.8) is 0 Å². The number of benzene rings is 1. The van der Waals surface area contributed by atoms with E-state index in [4.69, 9.17) is 4.74 Å². The molecule has 2 bridgehead atoms. The number of allylic oxidation sites excluding steroid dienone is 2. The summed E-state index contributed by atoms with van der Waals surface area (Å²) in [6.45, 7) is 0. The van der Waals surface area contributed by atoms with Crippen LogP contribution >= 0.6 is 0 Å². The number of hydrogen-bond acceptors (Lipinski definition) is 5. The van der Waals surface area contributed by atoms with Gasteiger partial charge in [0.15, 0.2) is 11.5 Å². The number of hydrazone groups is 1. The SMILES string of the molecule is COc1cccc(/C=N/N2C(=O)C3C4C=CC(C4)C3C2=O)c1O. The van der Waals surface area contributed by atoms with Gasteiger partial charge in [0.1, 0.15) is 0 Å². The van der Waals surface area contributed by atoms with Gasteiger partial charge in [0.2, 0.25) is 0 Å². The van der Waals surface area contributed by atoms with E-state index in [0.717, 1.165) is 11.4 Å². The van der Waals surface area contributed by atoms with E-state index >= 15 is 0 Å². The van der Waals surface area contributed by atoms with Crippen LogP contribution in [0.25, 0.3) is 0 Å². The Morgan fingerprint density at radius 2 is 1.87 bits per heavy atom. The molecule has 1 saturated heterocycles. The van der Waals surface area contributed by atoms with E-state index in [1.54, 1.807) is 18.2 Å². The fourth-order valence-electron chi connectivity index (χ4n) is 3.93. The number of nitrogens with zero attached hydrogens (tertiary/aromatic N) is 2. The molecule has 1 aromatic carbocycles. The van der Waals surface area contributed by atoms with Crippen molar-refractivity contribution >= 4 is 18.0 Å². The second-order valence-corrected chi connectivity index (χ2v) is 6.13. The largest absolute Gasteiger partial charge is 0.504 e. The summed E-state index contributed by atoms with van der Waals surface area (Å²) in [5.74, 6) is -0.459. The van der Waals surface area contributed by atoms with Crippen molar-refractivity contribution in [2.75, 3.05) is 7.11 Å². The van der Waals surface area contributed by atoms with Gasteiger partial charge < -0.3 is 9.84 Å². The third kappa shape index (κ3) is 1.91. The van der Waals surface area contributed by atoms with Gasteiger partial charge in [0.05, 0.1) is 25.2 Å². The lowest BCUT2D eigenvalue weighted by Gasteiger charge is -2.13. The van der Waals surface area contributed by atoms with Crippen LogP contribution < -0.4 is 4.74 Å². The molecular formula is C17H16N2O4. The Kier molecular flexibility index (Phi) is 3.01. The molecule has 1 aromatic rings. The Morgan fingerprint density at radius 3 is 2.48 bits per heavy atom. The van der Waals surface area contributed by atoms with E-state index in [2.05, 4.69) is 5.10 Å². The lowest BCUT2D eigenvalue weighted by atomic mass is 9.85. The molecule has 118 valence electrons. The van der Waals surface area contributed by atoms with Crippen LogP contribution in [-0.2, 0) is 9.59 Å². The number of carbonyl (C=O) groups excluding carboxylic acids is 2. The predicted octanol–water partition coefficient (Wildman–Crippen LogP) is 1.54. The van der Waals surface area contributed by atoms with Crippen LogP contribution in [-0.4, -0.2) is 35.3 Å². The van der Waals surface area contributed by atoms with Crippen molar-refractivity contribution in [2.24, 2.45) is 28.8 Å². The fourth-order valence-corrected chi connectivity index (χ4v) is 3.93. The normalized spacial score (nSPS) is 31.4. The Balaban J connectivity index is 1.61. The molecule has 2 amide bonds. The molecule has 1 aliphatic heterocycles. The summed E-state index contributed by atoms with van der Waals surface area (Å²) in [5, 5.41) is 15.0. The number of fused-ring (bicyclic) bond motifs is 5. The van der Waals surface area contributed by atoms with Gasteiger partial charge in [-0.3, -0.25) is 9.59 Å². The van der Waals surface area contributed by atoms with Crippen LogP contribution in [0.5, 0.6) is 11.5 Å². The van der Waals surface area contributed by atoms with E-state index in [9.17, 15) is 14.7 Å². The maximum Gasteiger partial charge on any atom is 0.254 e. The Labute approximate surface area is 133 Å². The van der Waals surface area contributed by atoms with Gasteiger partial charge in [-0.2, -0.15) is 10.1 Å². The Bertz CT molecular complexity index is 725. The summed E-state index contributed by atoms with van der Waals surface area (Å²) in [6, 6.07) is 4.96.